The van der Waals surface area contributed by atoms with Crippen molar-refractivity contribution in [2.24, 2.45) is 0 Å². The van der Waals surface area contributed by atoms with Crippen LogP contribution in [0.1, 0.15) is 11.1 Å². The molecule has 0 fully saturated rings. The Morgan fingerprint density at radius 1 is 1.32 bits per heavy atom. The maximum absolute atomic E-state index is 11.4. The minimum absolute atomic E-state index is 0.0822. The first-order valence-corrected chi connectivity index (χ1v) is 7.30. The van der Waals surface area contributed by atoms with Gasteiger partial charge < -0.3 is 9.15 Å². The van der Waals surface area contributed by atoms with Crippen molar-refractivity contribution in [3.05, 3.63) is 67.4 Å². The van der Waals surface area contributed by atoms with Crippen molar-refractivity contribution in [2.75, 3.05) is 0 Å². The first kappa shape index (κ1) is 14.3. The van der Waals surface area contributed by atoms with E-state index >= 15 is 0 Å². The van der Waals surface area contributed by atoms with Gasteiger partial charge in [0.05, 0.1) is 4.92 Å². The van der Waals surface area contributed by atoms with Crippen LogP contribution in [0.25, 0.3) is 11.0 Å². The molecule has 0 aliphatic carbocycles. The zero-order valence-corrected chi connectivity index (χ0v) is 12.4. The van der Waals surface area contributed by atoms with Crippen LogP contribution in [0.2, 0.25) is 0 Å². The molecular formula is C15H11NO5S. The SMILES string of the molecule is Cc1cc(=O)oc2cc(OCc3csc([N+](=O)[O-])c3)ccc12. The summed E-state index contributed by atoms with van der Waals surface area (Å²) in [6.45, 7) is 2.05. The van der Waals surface area contributed by atoms with Crippen molar-refractivity contribution in [3.8, 4) is 5.75 Å². The van der Waals surface area contributed by atoms with E-state index in [2.05, 4.69) is 0 Å². The summed E-state index contributed by atoms with van der Waals surface area (Å²) < 4.78 is 10.7. The summed E-state index contributed by atoms with van der Waals surface area (Å²) in [5, 5.41) is 13.2. The zero-order valence-electron chi connectivity index (χ0n) is 11.6. The second-order valence-corrected chi connectivity index (χ2v) is 5.64. The number of rotatable bonds is 4. The lowest BCUT2D eigenvalue weighted by molar-refractivity contribution is -0.380. The molecule has 0 radical (unpaired) electrons. The minimum atomic E-state index is -0.429. The summed E-state index contributed by atoms with van der Waals surface area (Å²) in [7, 11) is 0. The highest BCUT2D eigenvalue weighted by atomic mass is 32.1. The third kappa shape index (κ3) is 2.84. The molecule has 6 nitrogen and oxygen atoms in total. The van der Waals surface area contributed by atoms with Gasteiger partial charge in [0, 0.05) is 34.5 Å². The standard InChI is InChI=1S/C15H11NO5S/c1-9-4-15(17)21-13-6-11(2-3-12(9)13)20-7-10-5-14(16(18)19)22-8-10/h2-6,8H,7H2,1H3. The highest BCUT2D eigenvalue weighted by Gasteiger charge is 2.10. The maximum Gasteiger partial charge on any atom is 0.336 e. The molecule has 0 unspecified atom stereocenters. The zero-order chi connectivity index (χ0) is 15.7. The average Bonchev–Trinajstić information content (AvgIpc) is 2.93. The Morgan fingerprint density at radius 2 is 2.14 bits per heavy atom. The molecule has 0 amide bonds. The van der Waals surface area contributed by atoms with Crippen LogP contribution in [0.15, 0.2) is 44.9 Å². The molecular weight excluding hydrogens is 306 g/mol. The predicted octanol–water partition coefficient (Wildman–Crippen LogP) is 3.65. The van der Waals surface area contributed by atoms with Gasteiger partial charge in [-0.25, -0.2) is 4.79 Å². The van der Waals surface area contributed by atoms with E-state index in [0.717, 1.165) is 27.8 Å². The van der Waals surface area contributed by atoms with Crippen molar-refractivity contribution < 1.29 is 14.1 Å². The lowest BCUT2D eigenvalue weighted by Gasteiger charge is -2.06. The second kappa shape index (κ2) is 5.61. The van der Waals surface area contributed by atoms with Gasteiger partial charge in [-0.3, -0.25) is 10.1 Å². The van der Waals surface area contributed by atoms with Crippen LogP contribution < -0.4 is 10.4 Å². The van der Waals surface area contributed by atoms with Crippen LogP contribution in [0.5, 0.6) is 5.75 Å². The number of benzene rings is 1. The van der Waals surface area contributed by atoms with Gasteiger partial charge in [-0.15, -0.1) is 0 Å². The van der Waals surface area contributed by atoms with Crippen molar-refractivity contribution in [1.29, 1.82) is 0 Å². The number of fused-ring (bicyclic) bond motifs is 1. The molecule has 22 heavy (non-hydrogen) atoms. The molecule has 7 heteroatoms. The van der Waals surface area contributed by atoms with Gasteiger partial charge in [0.2, 0.25) is 0 Å². The van der Waals surface area contributed by atoms with Gasteiger partial charge in [0.1, 0.15) is 17.9 Å². The van der Waals surface area contributed by atoms with Crippen LogP contribution in [0.3, 0.4) is 0 Å². The highest BCUT2D eigenvalue weighted by Crippen LogP contribution is 2.25. The summed E-state index contributed by atoms with van der Waals surface area (Å²) in [6.07, 6.45) is 0. The van der Waals surface area contributed by atoms with E-state index in [4.69, 9.17) is 9.15 Å². The van der Waals surface area contributed by atoms with Crippen molar-refractivity contribution in [1.82, 2.24) is 0 Å². The van der Waals surface area contributed by atoms with Crippen molar-refractivity contribution >= 4 is 27.3 Å². The Hall–Kier alpha value is -2.67. The third-order valence-electron chi connectivity index (χ3n) is 3.15. The smallest absolute Gasteiger partial charge is 0.336 e. The van der Waals surface area contributed by atoms with Gasteiger partial charge in [-0.2, -0.15) is 0 Å². The lowest BCUT2D eigenvalue weighted by atomic mass is 10.1. The van der Waals surface area contributed by atoms with Crippen molar-refractivity contribution in [3.63, 3.8) is 0 Å². The number of aryl methyl sites for hydroxylation is 1. The highest BCUT2D eigenvalue weighted by molar-refractivity contribution is 7.13. The van der Waals surface area contributed by atoms with Crippen LogP contribution in [0, 0.1) is 17.0 Å². The Morgan fingerprint density at radius 3 is 2.86 bits per heavy atom. The predicted molar refractivity (Wildman–Crippen MR) is 82.5 cm³/mol. The van der Waals surface area contributed by atoms with E-state index < -0.39 is 10.5 Å². The molecule has 0 saturated carbocycles. The largest absolute Gasteiger partial charge is 0.489 e. The molecule has 0 aliphatic rings. The molecule has 2 aromatic heterocycles. The topological polar surface area (TPSA) is 82.6 Å². The summed E-state index contributed by atoms with van der Waals surface area (Å²) >= 11 is 1.06. The number of ether oxygens (including phenoxy) is 1. The van der Waals surface area contributed by atoms with Gasteiger partial charge in [-0.1, -0.05) is 11.3 Å². The first-order chi connectivity index (χ1) is 10.5. The summed E-state index contributed by atoms with van der Waals surface area (Å²) in [5.74, 6) is 0.537. The van der Waals surface area contributed by atoms with Gasteiger partial charge in [0.15, 0.2) is 0 Å². The Bertz CT molecular complexity index is 912. The lowest BCUT2D eigenvalue weighted by Crippen LogP contribution is -1.98. The molecule has 0 saturated heterocycles. The average molecular weight is 317 g/mol. The number of thiophene rings is 1. The molecule has 0 N–H and O–H groups in total. The van der Waals surface area contributed by atoms with Crippen LogP contribution in [-0.4, -0.2) is 4.92 Å². The number of hydrogen-bond acceptors (Lipinski definition) is 6. The van der Waals surface area contributed by atoms with E-state index in [0.29, 0.717) is 11.3 Å². The van der Waals surface area contributed by atoms with Crippen LogP contribution in [0.4, 0.5) is 5.00 Å². The fourth-order valence-corrected chi connectivity index (χ4v) is 2.81. The molecule has 0 aliphatic heterocycles. The normalized spacial score (nSPS) is 10.8. The van der Waals surface area contributed by atoms with Crippen LogP contribution in [-0.2, 0) is 6.61 Å². The molecule has 1 aromatic carbocycles. The minimum Gasteiger partial charge on any atom is -0.489 e. The molecule has 3 rings (SSSR count). The van der Waals surface area contributed by atoms with Gasteiger partial charge in [0.25, 0.3) is 0 Å². The second-order valence-electron chi connectivity index (χ2n) is 4.75. The number of nitro groups is 1. The maximum atomic E-state index is 11.4. The van der Waals surface area contributed by atoms with Crippen LogP contribution >= 0.6 is 11.3 Å². The quantitative estimate of drug-likeness (QED) is 0.417. The fourth-order valence-electron chi connectivity index (χ4n) is 2.10. The molecule has 0 spiro atoms. The van der Waals surface area contributed by atoms with Crippen molar-refractivity contribution in [2.45, 2.75) is 13.5 Å². The molecule has 112 valence electrons. The third-order valence-corrected chi connectivity index (χ3v) is 4.08. The molecule has 0 bridgehead atoms. The molecule has 0 atom stereocenters. The van der Waals surface area contributed by atoms with E-state index in [1.807, 2.05) is 13.0 Å². The molecule has 2 heterocycles. The Balaban J connectivity index is 1.81. The van der Waals surface area contributed by atoms with E-state index in [9.17, 15) is 14.9 Å². The number of hydrogen-bond donors (Lipinski definition) is 0. The van der Waals surface area contributed by atoms with E-state index in [1.54, 1.807) is 17.5 Å². The summed E-state index contributed by atoms with van der Waals surface area (Å²) in [5.41, 5.74) is 1.61. The Labute approximate surface area is 128 Å². The Kier molecular flexibility index (Phi) is 3.64. The monoisotopic (exact) mass is 317 g/mol. The number of nitrogens with zero attached hydrogens (tertiary/aromatic N) is 1. The molecule has 3 aromatic rings. The van der Waals surface area contributed by atoms with Gasteiger partial charge in [-0.05, 0) is 24.6 Å². The summed E-state index contributed by atoms with van der Waals surface area (Å²) in [4.78, 5) is 21.6. The summed E-state index contributed by atoms with van der Waals surface area (Å²) in [6, 6.07) is 8.16. The van der Waals surface area contributed by atoms with E-state index in [1.165, 1.54) is 12.1 Å². The van der Waals surface area contributed by atoms with Gasteiger partial charge >= 0.3 is 10.6 Å². The fraction of sp³-hybridized carbons (Fsp3) is 0.133. The van der Waals surface area contributed by atoms with E-state index in [-0.39, 0.29) is 11.6 Å². The first-order valence-electron chi connectivity index (χ1n) is 6.42.